The maximum absolute atomic E-state index is 12.8. The van der Waals surface area contributed by atoms with E-state index in [2.05, 4.69) is 15.3 Å². The smallest absolute Gasteiger partial charge is 0.313 e. The van der Waals surface area contributed by atoms with Crippen molar-refractivity contribution in [2.45, 2.75) is 38.7 Å². The van der Waals surface area contributed by atoms with E-state index in [-0.39, 0.29) is 12.6 Å². The monoisotopic (exact) mass is 390 g/mol. The predicted molar refractivity (Wildman–Crippen MR) is 92.0 cm³/mol. The molecule has 0 unspecified atom stereocenters. The van der Waals surface area contributed by atoms with Crippen LogP contribution in [0.2, 0.25) is 0 Å². The number of aromatic nitrogens is 2. The van der Waals surface area contributed by atoms with Crippen molar-refractivity contribution in [3.05, 3.63) is 31.3 Å². The Morgan fingerprint density at radius 2 is 2.08 bits per heavy atom. The summed E-state index contributed by atoms with van der Waals surface area (Å²) in [5, 5.41) is 4.25. The van der Waals surface area contributed by atoms with Gasteiger partial charge in [-0.25, -0.2) is 4.79 Å². The van der Waals surface area contributed by atoms with Gasteiger partial charge in [0.15, 0.2) is 0 Å². The Morgan fingerprint density at radius 3 is 2.65 bits per heavy atom. The fourth-order valence-corrected chi connectivity index (χ4v) is 3.92. The topological polar surface area (TPSA) is 77.6 Å². The Morgan fingerprint density at radius 1 is 1.38 bits per heavy atom. The lowest BCUT2D eigenvalue weighted by atomic mass is 10.2. The summed E-state index contributed by atoms with van der Waals surface area (Å²) in [5.41, 5.74) is 2.24. The maximum atomic E-state index is 12.8. The summed E-state index contributed by atoms with van der Waals surface area (Å²) >= 11 is 1.14. The molecule has 2 aromatic heterocycles. The second-order valence-electron chi connectivity index (χ2n) is 5.89. The van der Waals surface area contributed by atoms with E-state index >= 15 is 0 Å². The lowest BCUT2D eigenvalue weighted by Crippen LogP contribution is -2.40. The van der Waals surface area contributed by atoms with Gasteiger partial charge in [0.25, 0.3) is 5.56 Å². The van der Waals surface area contributed by atoms with Crippen molar-refractivity contribution in [3.63, 3.8) is 0 Å². The second kappa shape index (κ2) is 6.88. The van der Waals surface area contributed by atoms with Crippen LogP contribution in [0.25, 0.3) is 10.2 Å². The van der Waals surface area contributed by atoms with Gasteiger partial charge in [-0.05, 0) is 25.3 Å². The predicted octanol–water partition coefficient (Wildman–Crippen LogP) is 1.96. The first-order valence-corrected chi connectivity index (χ1v) is 8.75. The average Bonchev–Trinajstić information content (AvgIpc) is 3.32. The van der Waals surface area contributed by atoms with Gasteiger partial charge in [-0.2, -0.15) is 5.10 Å². The van der Waals surface area contributed by atoms with E-state index < -0.39 is 24.2 Å². The summed E-state index contributed by atoms with van der Waals surface area (Å²) in [5.74, 6) is 0. The number of hydrogen-bond donors (Lipinski definition) is 1. The Balaban J connectivity index is 2.16. The number of alkyl halides is 3. The molecule has 11 heteroatoms. The zero-order valence-corrected chi connectivity index (χ0v) is 14.9. The number of thiophene rings is 1. The van der Waals surface area contributed by atoms with Gasteiger partial charge in [-0.1, -0.05) is 0 Å². The van der Waals surface area contributed by atoms with Gasteiger partial charge in [0, 0.05) is 13.1 Å². The third kappa shape index (κ3) is 3.54. The molecule has 0 radical (unpaired) electrons. The van der Waals surface area contributed by atoms with Crippen molar-refractivity contribution in [1.29, 1.82) is 0 Å². The van der Waals surface area contributed by atoms with Crippen LogP contribution in [-0.4, -0.2) is 35.4 Å². The van der Waals surface area contributed by atoms with Crippen molar-refractivity contribution in [1.82, 2.24) is 14.6 Å². The first kappa shape index (κ1) is 18.6. The van der Waals surface area contributed by atoms with Gasteiger partial charge in [0.1, 0.15) is 4.83 Å². The molecular weight excluding hydrogens is 373 g/mol. The molecule has 26 heavy (non-hydrogen) atoms. The molecule has 2 aromatic rings. The van der Waals surface area contributed by atoms with Crippen molar-refractivity contribution >= 4 is 27.8 Å². The van der Waals surface area contributed by atoms with Crippen LogP contribution in [0, 0.1) is 6.92 Å². The number of nitrogens with zero attached hydrogens (tertiary/aromatic N) is 3. The molecule has 0 bridgehead atoms. The van der Waals surface area contributed by atoms with Crippen LogP contribution in [-0.2, 0) is 11.3 Å². The number of aryl methyl sites for hydroxylation is 1. The van der Waals surface area contributed by atoms with Crippen LogP contribution in [0.1, 0.15) is 29.3 Å². The van der Waals surface area contributed by atoms with Crippen LogP contribution in [0.15, 0.2) is 14.7 Å². The second-order valence-corrected chi connectivity index (χ2v) is 6.92. The van der Waals surface area contributed by atoms with E-state index in [1.165, 1.54) is 10.8 Å². The molecule has 1 fully saturated rings. The number of hydrazone groups is 1. The van der Waals surface area contributed by atoms with Crippen LogP contribution < -0.4 is 16.7 Å². The Labute approximate surface area is 149 Å². The first-order chi connectivity index (χ1) is 12.2. The van der Waals surface area contributed by atoms with E-state index in [1.54, 1.807) is 14.0 Å². The normalized spacial score (nSPS) is 15.3. The molecule has 3 rings (SSSR count). The fraction of sp³-hybridized carbons (Fsp3) is 0.533. The number of halogens is 3. The number of rotatable bonds is 6. The quantitative estimate of drug-likeness (QED) is 0.604. The molecule has 142 valence electrons. The summed E-state index contributed by atoms with van der Waals surface area (Å²) in [6.45, 7) is 0.720. The number of ether oxygens (including phenoxy) is 1. The molecule has 1 aliphatic carbocycles. The Kier molecular flexibility index (Phi) is 4.93. The molecule has 2 heterocycles. The average molecular weight is 390 g/mol. The molecule has 0 aliphatic heterocycles. The summed E-state index contributed by atoms with van der Waals surface area (Å²) in [6, 6.07) is -0.192. The van der Waals surface area contributed by atoms with Crippen LogP contribution in [0.4, 0.5) is 13.2 Å². The Hall–Kier alpha value is -2.14. The lowest BCUT2D eigenvalue weighted by Gasteiger charge is -2.12. The lowest BCUT2D eigenvalue weighted by molar-refractivity contribution is -0.325. The van der Waals surface area contributed by atoms with Gasteiger partial charge >= 0.3 is 12.1 Å². The SMILES string of the molecule is CN/N=C/c1sc2c(c1C)c(=O)n(C1CC1)c(=O)n2CCOC(F)(F)F. The molecule has 0 amide bonds. The third-order valence-corrected chi connectivity index (χ3v) is 5.33. The first-order valence-electron chi connectivity index (χ1n) is 7.93. The van der Waals surface area contributed by atoms with Gasteiger partial charge in [0.05, 0.1) is 29.6 Å². The third-order valence-electron chi connectivity index (χ3n) is 4.08. The maximum Gasteiger partial charge on any atom is 0.522 e. The highest BCUT2D eigenvalue weighted by Crippen LogP contribution is 2.34. The zero-order chi connectivity index (χ0) is 19.1. The summed E-state index contributed by atoms with van der Waals surface area (Å²) in [7, 11) is 1.61. The fourth-order valence-electron chi connectivity index (χ4n) is 2.73. The number of nitrogens with one attached hydrogen (secondary N) is 1. The minimum Gasteiger partial charge on any atom is -0.313 e. The van der Waals surface area contributed by atoms with E-state index in [0.717, 1.165) is 15.9 Å². The summed E-state index contributed by atoms with van der Waals surface area (Å²) < 4.78 is 43.0. The molecule has 7 nitrogen and oxygen atoms in total. The molecule has 0 atom stereocenters. The minimum absolute atomic E-state index is 0.192. The van der Waals surface area contributed by atoms with Gasteiger partial charge in [-0.15, -0.1) is 24.5 Å². The number of fused-ring (bicyclic) bond motifs is 1. The standard InChI is InChI=1S/C15H17F3N4O3S/c1-8-10(7-20-19-2)26-13-11(8)12(23)22(9-3-4-9)14(24)21(13)5-6-25-15(16,17)18/h7,9,19H,3-6H2,1-2H3/b20-7+. The Bertz CT molecular complexity index is 970. The van der Waals surface area contributed by atoms with Crippen LogP contribution in [0.5, 0.6) is 0 Å². The van der Waals surface area contributed by atoms with E-state index in [1.807, 2.05) is 0 Å². The van der Waals surface area contributed by atoms with Crippen molar-refractivity contribution < 1.29 is 17.9 Å². The molecule has 1 saturated carbocycles. The van der Waals surface area contributed by atoms with Crippen molar-refractivity contribution in [2.24, 2.45) is 5.10 Å². The van der Waals surface area contributed by atoms with E-state index in [0.29, 0.717) is 33.5 Å². The molecule has 1 N–H and O–H groups in total. The highest BCUT2D eigenvalue weighted by Gasteiger charge is 2.31. The van der Waals surface area contributed by atoms with E-state index in [4.69, 9.17) is 0 Å². The molecule has 0 spiro atoms. The largest absolute Gasteiger partial charge is 0.522 e. The van der Waals surface area contributed by atoms with Crippen molar-refractivity contribution in [2.75, 3.05) is 13.7 Å². The molecule has 0 aromatic carbocycles. The summed E-state index contributed by atoms with van der Waals surface area (Å²) in [6.07, 6.45) is -1.85. The van der Waals surface area contributed by atoms with Gasteiger partial charge in [-0.3, -0.25) is 18.7 Å². The highest BCUT2D eigenvalue weighted by molar-refractivity contribution is 7.20. The number of hydrogen-bond acceptors (Lipinski definition) is 6. The van der Waals surface area contributed by atoms with Crippen LogP contribution in [0.3, 0.4) is 0 Å². The van der Waals surface area contributed by atoms with Gasteiger partial charge in [0.2, 0.25) is 0 Å². The van der Waals surface area contributed by atoms with Crippen LogP contribution >= 0.6 is 11.3 Å². The summed E-state index contributed by atoms with van der Waals surface area (Å²) in [4.78, 5) is 26.5. The molecular formula is C15H17F3N4O3S. The highest BCUT2D eigenvalue weighted by atomic mass is 32.1. The zero-order valence-electron chi connectivity index (χ0n) is 14.1. The molecule has 0 saturated heterocycles. The van der Waals surface area contributed by atoms with Gasteiger partial charge < -0.3 is 5.43 Å². The van der Waals surface area contributed by atoms with Crippen molar-refractivity contribution in [3.8, 4) is 0 Å². The van der Waals surface area contributed by atoms with E-state index in [9.17, 15) is 22.8 Å². The minimum atomic E-state index is -4.77. The molecule has 1 aliphatic rings.